The highest BCUT2D eigenvalue weighted by atomic mass is 35.5. The predicted molar refractivity (Wildman–Crippen MR) is 75.0 cm³/mol. The highest BCUT2D eigenvalue weighted by Crippen LogP contribution is 2.37. The molecule has 2 aromatic rings. The molecule has 1 unspecified atom stereocenters. The van der Waals surface area contributed by atoms with Gasteiger partial charge in [-0.25, -0.2) is 4.98 Å². The molecule has 0 saturated heterocycles. The molecule has 1 aromatic carbocycles. The maximum atomic E-state index is 10.9. The first-order valence-electron chi connectivity index (χ1n) is 5.81. The number of rotatable bonds is 4. The first kappa shape index (κ1) is 14.2. The normalized spacial score (nSPS) is 11.9. The van der Waals surface area contributed by atoms with E-state index in [1.807, 2.05) is 6.92 Å². The van der Waals surface area contributed by atoms with Gasteiger partial charge < -0.3 is 10.5 Å². The van der Waals surface area contributed by atoms with Gasteiger partial charge in [0, 0.05) is 24.4 Å². The van der Waals surface area contributed by atoms with Gasteiger partial charge in [0.05, 0.1) is 9.95 Å². The number of benzene rings is 1. The van der Waals surface area contributed by atoms with Crippen LogP contribution in [0.4, 0.5) is 5.69 Å². The second-order valence-corrected chi connectivity index (χ2v) is 4.57. The molecule has 0 radical (unpaired) electrons. The van der Waals surface area contributed by atoms with Gasteiger partial charge in [-0.05, 0) is 18.6 Å². The Bertz CT molecular complexity index is 629. The van der Waals surface area contributed by atoms with Gasteiger partial charge in [-0.3, -0.25) is 10.1 Å². The zero-order valence-electron chi connectivity index (χ0n) is 10.6. The van der Waals surface area contributed by atoms with E-state index in [4.69, 9.17) is 22.1 Å². The van der Waals surface area contributed by atoms with Crippen LogP contribution in [0.15, 0.2) is 36.5 Å². The van der Waals surface area contributed by atoms with Gasteiger partial charge in [0.1, 0.15) is 0 Å². The number of aromatic nitrogens is 1. The van der Waals surface area contributed by atoms with Crippen LogP contribution in [-0.4, -0.2) is 9.91 Å². The van der Waals surface area contributed by atoms with Gasteiger partial charge in [0.2, 0.25) is 11.6 Å². The van der Waals surface area contributed by atoms with Gasteiger partial charge in [-0.2, -0.15) is 0 Å². The van der Waals surface area contributed by atoms with Crippen LogP contribution < -0.4 is 10.5 Å². The molecule has 1 heterocycles. The van der Waals surface area contributed by atoms with Crippen molar-refractivity contribution in [2.24, 2.45) is 5.73 Å². The van der Waals surface area contributed by atoms with Crippen LogP contribution in [0.25, 0.3) is 0 Å². The smallest absolute Gasteiger partial charge is 0.313 e. The van der Waals surface area contributed by atoms with E-state index in [1.165, 1.54) is 18.2 Å². The Morgan fingerprint density at radius 2 is 2.15 bits per heavy atom. The van der Waals surface area contributed by atoms with E-state index in [-0.39, 0.29) is 28.4 Å². The summed E-state index contributed by atoms with van der Waals surface area (Å²) in [6, 6.07) is 7.50. The lowest BCUT2D eigenvalue weighted by Gasteiger charge is -2.09. The molecule has 0 bridgehead atoms. The van der Waals surface area contributed by atoms with Gasteiger partial charge in [0.25, 0.3) is 0 Å². The molecule has 0 aliphatic carbocycles. The van der Waals surface area contributed by atoms with Crippen LogP contribution >= 0.6 is 11.6 Å². The number of para-hydroxylation sites is 1. The molecule has 20 heavy (non-hydrogen) atoms. The fourth-order valence-corrected chi connectivity index (χ4v) is 1.78. The molecule has 2 N–H and O–H groups in total. The number of halogens is 1. The fourth-order valence-electron chi connectivity index (χ4n) is 1.57. The highest BCUT2D eigenvalue weighted by Gasteiger charge is 2.19. The third-order valence-electron chi connectivity index (χ3n) is 2.63. The number of nitrogens with two attached hydrogens (primary N) is 1. The van der Waals surface area contributed by atoms with Crippen molar-refractivity contribution in [1.82, 2.24) is 4.98 Å². The monoisotopic (exact) mass is 293 g/mol. The van der Waals surface area contributed by atoms with Crippen LogP contribution in [0.1, 0.15) is 18.5 Å². The zero-order chi connectivity index (χ0) is 14.7. The summed E-state index contributed by atoms with van der Waals surface area (Å²) in [5.41, 5.74) is 6.34. The fraction of sp³-hybridized carbons (Fsp3) is 0.154. The van der Waals surface area contributed by atoms with Crippen LogP contribution in [0.2, 0.25) is 5.02 Å². The summed E-state index contributed by atoms with van der Waals surface area (Å²) < 4.78 is 5.41. The first-order chi connectivity index (χ1) is 9.49. The zero-order valence-corrected chi connectivity index (χ0v) is 11.4. The summed E-state index contributed by atoms with van der Waals surface area (Å²) in [7, 11) is 0. The average Bonchev–Trinajstić information content (AvgIpc) is 2.41. The summed E-state index contributed by atoms with van der Waals surface area (Å²) in [5.74, 6) is 0.186. The van der Waals surface area contributed by atoms with E-state index in [1.54, 1.807) is 18.3 Å². The minimum Gasteiger partial charge on any atom is -0.430 e. The Kier molecular flexibility index (Phi) is 4.16. The lowest BCUT2D eigenvalue weighted by molar-refractivity contribution is -0.385. The molecule has 0 aliphatic rings. The second kappa shape index (κ2) is 5.85. The number of hydrogen-bond acceptors (Lipinski definition) is 5. The largest absolute Gasteiger partial charge is 0.430 e. The molecule has 104 valence electrons. The first-order valence-corrected chi connectivity index (χ1v) is 6.19. The van der Waals surface area contributed by atoms with Gasteiger partial charge in [-0.1, -0.05) is 23.7 Å². The van der Waals surface area contributed by atoms with E-state index in [9.17, 15) is 10.1 Å². The minimum atomic E-state index is -0.558. The molecule has 0 fully saturated rings. The molecular formula is C13H12ClN3O3. The van der Waals surface area contributed by atoms with E-state index in [0.717, 1.165) is 5.56 Å². The third kappa shape index (κ3) is 3.04. The maximum absolute atomic E-state index is 10.9. The van der Waals surface area contributed by atoms with Crippen molar-refractivity contribution in [3.8, 4) is 11.6 Å². The maximum Gasteiger partial charge on any atom is 0.313 e. The number of nitro groups is 1. The second-order valence-electron chi connectivity index (χ2n) is 4.17. The Labute approximate surface area is 120 Å². The highest BCUT2D eigenvalue weighted by molar-refractivity contribution is 6.32. The lowest BCUT2D eigenvalue weighted by Crippen LogP contribution is -2.05. The van der Waals surface area contributed by atoms with Crippen LogP contribution in [-0.2, 0) is 0 Å². The Balaban J connectivity index is 2.32. The van der Waals surface area contributed by atoms with Gasteiger partial charge in [0.15, 0.2) is 0 Å². The number of nitrogens with zero attached hydrogens (tertiary/aromatic N) is 2. The predicted octanol–water partition coefficient (Wildman–Crippen LogP) is 3.46. The third-order valence-corrected chi connectivity index (χ3v) is 2.93. The van der Waals surface area contributed by atoms with Crippen molar-refractivity contribution in [3.63, 3.8) is 0 Å². The molecule has 0 saturated carbocycles. The summed E-state index contributed by atoms with van der Waals surface area (Å²) >= 11 is 5.93. The molecule has 0 spiro atoms. The van der Waals surface area contributed by atoms with Crippen LogP contribution in [0.5, 0.6) is 11.6 Å². The van der Waals surface area contributed by atoms with Gasteiger partial charge in [-0.15, -0.1) is 0 Å². The van der Waals surface area contributed by atoms with Crippen LogP contribution in [0, 0.1) is 10.1 Å². The Hall–Kier alpha value is -2.18. The molecule has 1 aromatic heterocycles. The molecular weight excluding hydrogens is 282 g/mol. The standard InChI is InChI=1S/C13H12ClN3O3/c1-8(15)9-5-6-12(16-7-9)20-13-10(14)3-2-4-11(13)17(18)19/h2-8H,15H2,1H3. The molecule has 1 atom stereocenters. The summed E-state index contributed by atoms with van der Waals surface area (Å²) in [6.45, 7) is 1.83. The van der Waals surface area contributed by atoms with E-state index >= 15 is 0 Å². The summed E-state index contributed by atoms with van der Waals surface area (Å²) in [5, 5.41) is 11.1. The SMILES string of the molecule is CC(N)c1ccc(Oc2c(Cl)cccc2[N+](=O)[O-])nc1. The Morgan fingerprint density at radius 1 is 1.40 bits per heavy atom. The molecule has 2 rings (SSSR count). The van der Waals surface area contributed by atoms with Crippen molar-refractivity contribution in [2.45, 2.75) is 13.0 Å². The summed E-state index contributed by atoms with van der Waals surface area (Å²) in [4.78, 5) is 14.4. The number of pyridine rings is 1. The minimum absolute atomic E-state index is 0.0276. The van der Waals surface area contributed by atoms with E-state index in [0.29, 0.717) is 0 Å². The van der Waals surface area contributed by atoms with Crippen molar-refractivity contribution < 1.29 is 9.66 Å². The number of nitro benzene ring substituents is 1. The van der Waals surface area contributed by atoms with E-state index < -0.39 is 4.92 Å². The molecule has 6 nitrogen and oxygen atoms in total. The van der Waals surface area contributed by atoms with E-state index in [2.05, 4.69) is 4.98 Å². The summed E-state index contributed by atoms with van der Waals surface area (Å²) in [6.07, 6.45) is 1.56. The topological polar surface area (TPSA) is 91.3 Å². The van der Waals surface area contributed by atoms with Crippen LogP contribution in [0.3, 0.4) is 0 Å². The molecule has 7 heteroatoms. The number of hydrogen-bond donors (Lipinski definition) is 1. The quantitative estimate of drug-likeness (QED) is 0.688. The van der Waals surface area contributed by atoms with Crippen molar-refractivity contribution in [2.75, 3.05) is 0 Å². The Morgan fingerprint density at radius 3 is 2.70 bits per heavy atom. The van der Waals surface area contributed by atoms with Crippen molar-refractivity contribution in [3.05, 3.63) is 57.2 Å². The average molecular weight is 294 g/mol. The molecule has 0 aliphatic heterocycles. The number of ether oxygens (including phenoxy) is 1. The lowest BCUT2D eigenvalue weighted by atomic mass is 10.2. The molecule has 0 amide bonds. The van der Waals surface area contributed by atoms with Crippen molar-refractivity contribution in [1.29, 1.82) is 0 Å². The van der Waals surface area contributed by atoms with Gasteiger partial charge >= 0.3 is 5.69 Å². The van der Waals surface area contributed by atoms with Crippen molar-refractivity contribution >= 4 is 17.3 Å².